The number of pyridine rings is 1. The van der Waals surface area contributed by atoms with Crippen molar-refractivity contribution in [1.82, 2.24) is 14.8 Å². The van der Waals surface area contributed by atoms with Gasteiger partial charge in [-0.05, 0) is 31.5 Å². The first-order valence-electron chi connectivity index (χ1n) is 7.37. The van der Waals surface area contributed by atoms with Crippen LogP contribution in [0.5, 0.6) is 0 Å². The molecule has 0 aliphatic carbocycles. The number of rotatable bonds is 1. The monoisotopic (exact) mass is 285 g/mol. The summed E-state index contributed by atoms with van der Waals surface area (Å²) in [7, 11) is 0. The van der Waals surface area contributed by atoms with Crippen LogP contribution in [0.25, 0.3) is 0 Å². The van der Waals surface area contributed by atoms with Gasteiger partial charge in [0.15, 0.2) is 0 Å². The highest BCUT2D eigenvalue weighted by Gasteiger charge is 2.33. The van der Waals surface area contributed by atoms with E-state index in [1.165, 1.54) is 12.8 Å². The van der Waals surface area contributed by atoms with E-state index >= 15 is 0 Å². The van der Waals surface area contributed by atoms with Crippen LogP contribution in [0, 0.1) is 11.8 Å². The average molecular weight is 285 g/mol. The highest BCUT2D eigenvalue weighted by atomic mass is 16.2. The second kappa shape index (κ2) is 6.25. The maximum atomic E-state index is 12.7. The summed E-state index contributed by atoms with van der Waals surface area (Å²) in [5.74, 6) is 5.34. The fourth-order valence-corrected chi connectivity index (χ4v) is 3.14. The molecule has 0 radical (unpaired) electrons. The summed E-state index contributed by atoms with van der Waals surface area (Å²) >= 11 is 0. The van der Waals surface area contributed by atoms with E-state index in [-0.39, 0.29) is 12.5 Å². The molecule has 1 N–H and O–H groups in total. The summed E-state index contributed by atoms with van der Waals surface area (Å²) < 4.78 is 0. The minimum atomic E-state index is -0.219. The van der Waals surface area contributed by atoms with Gasteiger partial charge < -0.3 is 10.0 Å². The van der Waals surface area contributed by atoms with Crippen molar-refractivity contribution in [2.45, 2.75) is 18.9 Å². The van der Waals surface area contributed by atoms with E-state index in [2.05, 4.69) is 21.7 Å². The molecule has 1 unspecified atom stereocenters. The van der Waals surface area contributed by atoms with E-state index in [9.17, 15) is 4.79 Å². The predicted octanol–water partition coefficient (Wildman–Crippen LogP) is 0.346. The lowest BCUT2D eigenvalue weighted by atomic mass is 10.1. The Morgan fingerprint density at radius 2 is 2.33 bits per heavy atom. The first-order valence-corrected chi connectivity index (χ1v) is 7.37. The van der Waals surface area contributed by atoms with E-state index in [1.54, 1.807) is 18.3 Å². The first-order chi connectivity index (χ1) is 10.3. The van der Waals surface area contributed by atoms with Gasteiger partial charge >= 0.3 is 0 Å². The lowest BCUT2D eigenvalue weighted by Gasteiger charge is -2.37. The Morgan fingerprint density at radius 1 is 1.43 bits per heavy atom. The van der Waals surface area contributed by atoms with Crippen molar-refractivity contribution < 1.29 is 9.90 Å². The molecule has 21 heavy (non-hydrogen) atoms. The van der Waals surface area contributed by atoms with Crippen molar-refractivity contribution in [2.24, 2.45) is 0 Å². The summed E-state index contributed by atoms with van der Waals surface area (Å²) in [6.07, 6.45) is 4.01. The largest absolute Gasteiger partial charge is 0.384 e. The Hall–Kier alpha value is -1.90. The zero-order chi connectivity index (χ0) is 14.7. The van der Waals surface area contributed by atoms with Gasteiger partial charge in [0.1, 0.15) is 12.3 Å². The average Bonchev–Trinajstić information content (AvgIpc) is 3.00. The van der Waals surface area contributed by atoms with Crippen molar-refractivity contribution in [2.75, 3.05) is 32.8 Å². The molecular weight excluding hydrogens is 266 g/mol. The van der Waals surface area contributed by atoms with Crippen LogP contribution in [0.1, 0.15) is 28.9 Å². The van der Waals surface area contributed by atoms with Crippen LogP contribution in [0.15, 0.2) is 18.3 Å². The maximum Gasteiger partial charge on any atom is 0.273 e. The number of hydrogen-bond acceptors (Lipinski definition) is 4. The first kappa shape index (κ1) is 14.1. The van der Waals surface area contributed by atoms with Crippen LogP contribution in [0.2, 0.25) is 0 Å². The third-order valence-electron chi connectivity index (χ3n) is 4.19. The Labute approximate surface area is 124 Å². The SMILES string of the molecule is O=C(c1ncccc1C#CCO)N1CCN2CCCC2C1. The third-order valence-corrected chi connectivity index (χ3v) is 4.19. The van der Waals surface area contributed by atoms with Gasteiger partial charge in [-0.3, -0.25) is 9.69 Å². The molecule has 0 saturated carbocycles. The molecule has 2 aliphatic heterocycles. The molecular formula is C16H19N3O2. The van der Waals surface area contributed by atoms with Gasteiger partial charge in [0.25, 0.3) is 5.91 Å². The maximum absolute atomic E-state index is 12.7. The molecule has 3 rings (SSSR count). The molecule has 2 saturated heterocycles. The molecule has 5 nitrogen and oxygen atoms in total. The molecule has 3 heterocycles. The summed E-state index contributed by atoms with van der Waals surface area (Å²) in [6, 6.07) is 4.03. The van der Waals surface area contributed by atoms with Gasteiger partial charge in [-0.15, -0.1) is 0 Å². The molecule has 0 spiro atoms. The topological polar surface area (TPSA) is 56.7 Å². The highest BCUT2D eigenvalue weighted by molar-refractivity contribution is 5.94. The third kappa shape index (κ3) is 2.92. The number of aromatic nitrogens is 1. The van der Waals surface area contributed by atoms with Crippen LogP contribution >= 0.6 is 0 Å². The zero-order valence-corrected chi connectivity index (χ0v) is 12.0. The lowest BCUT2D eigenvalue weighted by molar-refractivity contribution is 0.0565. The number of aliphatic hydroxyl groups is 1. The number of amides is 1. The number of nitrogens with zero attached hydrogens (tertiary/aromatic N) is 3. The summed E-state index contributed by atoms with van der Waals surface area (Å²) in [6.45, 7) is 3.41. The summed E-state index contributed by atoms with van der Waals surface area (Å²) in [5, 5.41) is 8.81. The normalized spacial score (nSPS) is 21.6. The highest BCUT2D eigenvalue weighted by Crippen LogP contribution is 2.22. The quantitative estimate of drug-likeness (QED) is 0.756. The molecule has 2 fully saturated rings. The van der Waals surface area contributed by atoms with Crippen molar-refractivity contribution in [3.8, 4) is 11.8 Å². The Morgan fingerprint density at radius 3 is 3.19 bits per heavy atom. The molecule has 1 amide bonds. The lowest BCUT2D eigenvalue weighted by Crippen LogP contribution is -2.52. The van der Waals surface area contributed by atoms with E-state index in [0.717, 1.165) is 26.2 Å². The molecule has 2 aliphatic rings. The molecule has 1 aromatic heterocycles. The number of carbonyl (C=O) groups excluding carboxylic acids is 1. The van der Waals surface area contributed by atoms with Gasteiger partial charge in [-0.25, -0.2) is 4.98 Å². The van der Waals surface area contributed by atoms with Crippen LogP contribution in [-0.4, -0.2) is 64.6 Å². The zero-order valence-electron chi connectivity index (χ0n) is 12.0. The van der Waals surface area contributed by atoms with Gasteiger partial charge in [0.05, 0.1) is 5.56 Å². The predicted molar refractivity (Wildman–Crippen MR) is 78.7 cm³/mol. The van der Waals surface area contributed by atoms with Gasteiger partial charge in [0, 0.05) is 31.9 Å². The molecule has 0 bridgehead atoms. The fraction of sp³-hybridized carbons (Fsp3) is 0.500. The minimum Gasteiger partial charge on any atom is -0.384 e. The molecule has 5 heteroatoms. The van der Waals surface area contributed by atoms with Gasteiger partial charge in [-0.1, -0.05) is 11.8 Å². The molecule has 1 aromatic rings. The summed E-state index contributed by atoms with van der Waals surface area (Å²) in [5.41, 5.74) is 0.982. The Kier molecular flexibility index (Phi) is 4.18. The van der Waals surface area contributed by atoms with Crippen LogP contribution in [-0.2, 0) is 0 Å². The number of aliphatic hydroxyl groups excluding tert-OH is 1. The van der Waals surface area contributed by atoms with Crippen molar-refractivity contribution in [1.29, 1.82) is 0 Å². The molecule has 0 aromatic carbocycles. The van der Waals surface area contributed by atoms with Crippen LogP contribution in [0.4, 0.5) is 0 Å². The van der Waals surface area contributed by atoms with Gasteiger partial charge in [0.2, 0.25) is 0 Å². The summed E-state index contributed by atoms with van der Waals surface area (Å²) in [4.78, 5) is 21.2. The second-order valence-corrected chi connectivity index (χ2v) is 5.44. The van der Waals surface area contributed by atoms with E-state index < -0.39 is 0 Å². The second-order valence-electron chi connectivity index (χ2n) is 5.44. The van der Waals surface area contributed by atoms with Crippen molar-refractivity contribution in [3.63, 3.8) is 0 Å². The van der Waals surface area contributed by atoms with Crippen molar-refractivity contribution >= 4 is 5.91 Å². The fourth-order valence-electron chi connectivity index (χ4n) is 3.14. The smallest absolute Gasteiger partial charge is 0.273 e. The van der Waals surface area contributed by atoms with E-state index in [4.69, 9.17) is 5.11 Å². The van der Waals surface area contributed by atoms with Crippen LogP contribution in [0.3, 0.4) is 0 Å². The van der Waals surface area contributed by atoms with E-state index in [1.807, 2.05) is 4.90 Å². The Bertz CT molecular complexity index is 591. The Balaban J connectivity index is 1.79. The minimum absolute atomic E-state index is 0.0515. The molecule has 110 valence electrons. The number of piperazine rings is 1. The molecule has 1 atom stereocenters. The number of hydrogen-bond donors (Lipinski definition) is 1. The van der Waals surface area contributed by atoms with Crippen LogP contribution < -0.4 is 0 Å². The van der Waals surface area contributed by atoms with Gasteiger partial charge in [-0.2, -0.15) is 0 Å². The number of fused-ring (bicyclic) bond motifs is 1. The van der Waals surface area contributed by atoms with E-state index in [0.29, 0.717) is 17.3 Å². The number of carbonyl (C=O) groups is 1. The van der Waals surface area contributed by atoms with Crippen molar-refractivity contribution in [3.05, 3.63) is 29.6 Å². The standard InChI is InChI=1S/C16H19N3O2/c20-11-3-5-13-4-1-7-17-15(13)16(21)19-10-9-18-8-2-6-14(18)12-19/h1,4,7,14,20H,2,6,8-12H2.